The molecule has 0 bridgehead atoms. The molecule has 25 heavy (non-hydrogen) atoms. The molecule has 1 N–H and O–H groups in total. The van der Waals surface area contributed by atoms with Crippen molar-refractivity contribution in [1.82, 2.24) is 0 Å². The molecular weight excluding hydrogens is 330 g/mol. The Balaban J connectivity index is 2.08. The van der Waals surface area contributed by atoms with Crippen LogP contribution in [0.4, 0.5) is 5.69 Å². The van der Waals surface area contributed by atoms with E-state index in [4.69, 9.17) is 0 Å². The number of thioether (sulfide) groups is 1. The summed E-state index contributed by atoms with van der Waals surface area (Å²) >= 11 is 1.18. The van der Waals surface area contributed by atoms with Crippen molar-refractivity contribution in [3.05, 3.63) is 24.3 Å². The zero-order valence-corrected chi connectivity index (χ0v) is 16.5. The third-order valence-electron chi connectivity index (χ3n) is 5.44. The van der Waals surface area contributed by atoms with Gasteiger partial charge in [0.15, 0.2) is 5.12 Å². The molecule has 1 aliphatic carbocycles. The lowest BCUT2D eigenvalue weighted by atomic mass is 9.73. The number of carbonyl (C=O) groups is 2. The number of anilines is 1. The maximum Gasteiger partial charge on any atom is 0.227 e. The van der Waals surface area contributed by atoms with Crippen LogP contribution in [0.5, 0.6) is 0 Å². The van der Waals surface area contributed by atoms with Gasteiger partial charge >= 0.3 is 0 Å². The molecule has 2 atom stereocenters. The Hall–Kier alpha value is -1.29. The van der Waals surface area contributed by atoms with Crippen LogP contribution in [0.25, 0.3) is 0 Å². The van der Waals surface area contributed by atoms with E-state index in [9.17, 15) is 9.59 Å². The van der Waals surface area contributed by atoms with Crippen molar-refractivity contribution in [2.24, 2.45) is 17.8 Å². The van der Waals surface area contributed by atoms with Gasteiger partial charge < -0.3 is 5.32 Å². The molecular formula is C21H31NO2S. The minimum Gasteiger partial charge on any atom is -0.325 e. The fourth-order valence-electron chi connectivity index (χ4n) is 3.92. The number of rotatable bonds is 7. The molecule has 2 unspecified atom stereocenters. The fraction of sp³-hybridized carbons (Fsp3) is 0.619. The Kier molecular flexibility index (Phi) is 8.01. The van der Waals surface area contributed by atoms with E-state index in [0.29, 0.717) is 5.92 Å². The maximum atomic E-state index is 13.0. The van der Waals surface area contributed by atoms with Crippen molar-refractivity contribution in [2.75, 3.05) is 5.32 Å². The maximum absolute atomic E-state index is 13.0. The molecule has 0 spiro atoms. The lowest BCUT2D eigenvalue weighted by Crippen LogP contribution is -2.33. The van der Waals surface area contributed by atoms with Crippen molar-refractivity contribution in [2.45, 2.75) is 70.6 Å². The van der Waals surface area contributed by atoms with Crippen molar-refractivity contribution in [1.29, 1.82) is 0 Å². The first kappa shape index (κ1) is 20.0. The van der Waals surface area contributed by atoms with E-state index in [2.05, 4.69) is 19.2 Å². The van der Waals surface area contributed by atoms with Gasteiger partial charge in [0, 0.05) is 17.7 Å². The predicted octanol–water partition coefficient (Wildman–Crippen LogP) is 5.90. The van der Waals surface area contributed by atoms with E-state index < -0.39 is 0 Å². The average molecular weight is 362 g/mol. The molecule has 138 valence electrons. The fourth-order valence-corrected chi connectivity index (χ4v) is 4.61. The second-order valence-electron chi connectivity index (χ2n) is 7.15. The van der Waals surface area contributed by atoms with Crippen molar-refractivity contribution < 1.29 is 9.59 Å². The first-order valence-corrected chi connectivity index (χ1v) is 10.4. The summed E-state index contributed by atoms with van der Waals surface area (Å²) < 4.78 is 0. The Bertz CT molecular complexity index is 583. The summed E-state index contributed by atoms with van der Waals surface area (Å²) in [4.78, 5) is 25.2. The summed E-state index contributed by atoms with van der Waals surface area (Å²) in [6.45, 7) is 6.05. The van der Waals surface area contributed by atoms with E-state index in [0.717, 1.165) is 35.8 Å². The topological polar surface area (TPSA) is 46.2 Å². The number of para-hydroxylation sites is 1. The van der Waals surface area contributed by atoms with Gasteiger partial charge in [-0.1, -0.05) is 63.4 Å². The smallest absolute Gasteiger partial charge is 0.227 e. The van der Waals surface area contributed by atoms with Gasteiger partial charge in [-0.3, -0.25) is 9.59 Å². The molecule has 1 aromatic rings. The molecule has 0 heterocycles. The van der Waals surface area contributed by atoms with Gasteiger partial charge in [0.1, 0.15) is 0 Å². The quantitative estimate of drug-likeness (QED) is 0.615. The van der Waals surface area contributed by atoms with Crippen LogP contribution in [-0.4, -0.2) is 11.0 Å². The van der Waals surface area contributed by atoms with Gasteiger partial charge in [-0.05, 0) is 43.2 Å². The normalized spacial score (nSPS) is 20.5. The van der Waals surface area contributed by atoms with Crippen LogP contribution < -0.4 is 5.32 Å². The molecule has 1 fully saturated rings. The number of hydrogen-bond acceptors (Lipinski definition) is 3. The molecule has 1 aromatic carbocycles. The van der Waals surface area contributed by atoms with Crippen LogP contribution in [0.2, 0.25) is 0 Å². The van der Waals surface area contributed by atoms with Crippen LogP contribution in [0.15, 0.2) is 29.2 Å². The first-order chi connectivity index (χ1) is 12.0. The number of carbonyl (C=O) groups excluding carboxylic acids is 2. The van der Waals surface area contributed by atoms with Gasteiger partial charge in [-0.2, -0.15) is 0 Å². The number of amides is 1. The molecule has 1 saturated carbocycles. The highest BCUT2D eigenvalue weighted by atomic mass is 32.2. The first-order valence-electron chi connectivity index (χ1n) is 9.63. The van der Waals surface area contributed by atoms with Crippen LogP contribution in [0, 0.1) is 17.8 Å². The van der Waals surface area contributed by atoms with E-state index >= 15 is 0 Å². The molecule has 0 saturated heterocycles. The Morgan fingerprint density at radius 1 is 1.16 bits per heavy atom. The molecule has 4 heteroatoms. The van der Waals surface area contributed by atoms with E-state index in [-0.39, 0.29) is 16.9 Å². The van der Waals surface area contributed by atoms with Gasteiger partial charge in [-0.25, -0.2) is 0 Å². The predicted molar refractivity (Wildman–Crippen MR) is 106 cm³/mol. The van der Waals surface area contributed by atoms with E-state index in [1.165, 1.54) is 37.4 Å². The average Bonchev–Trinajstić information content (AvgIpc) is 2.61. The molecule has 2 rings (SSSR count). The van der Waals surface area contributed by atoms with Crippen LogP contribution in [-0.2, 0) is 9.59 Å². The Morgan fingerprint density at radius 3 is 2.52 bits per heavy atom. The zero-order valence-electron chi connectivity index (χ0n) is 15.7. The standard InChI is InChI=1S/C21H31NO2S/c1-4-16(5-2)14-17-10-6-7-11-18(17)21(24)22-19-12-8-9-13-20(19)25-15(3)23/h8-9,12-13,16-18H,4-7,10-11,14H2,1-3H3,(H,22,24). The second-order valence-corrected chi connectivity index (χ2v) is 8.37. The Morgan fingerprint density at radius 2 is 1.84 bits per heavy atom. The second kappa shape index (κ2) is 10.0. The van der Waals surface area contributed by atoms with Gasteiger partial charge in [0.25, 0.3) is 0 Å². The zero-order chi connectivity index (χ0) is 18.2. The Labute approximate surface area is 156 Å². The molecule has 0 aliphatic heterocycles. The minimum atomic E-state index is 0.0333. The summed E-state index contributed by atoms with van der Waals surface area (Å²) in [6.07, 6.45) is 8.08. The van der Waals surface area contributed by atoms with Gasteiger partial charge in [-0.15, -0.1) is 0 Å². The van der Waals surface area contributed by atoms with Crippen molar-refractivity contribution >= 4 is 28.5 Å². The monoisotopic (exact) mass is 361 g/mol. The number of benzene rings is 1. The third kappa shape index (κ3) is 5.88. The van der Waals surface area contributed by atoms with E-state index in [1.807, 2.05) is 24.3 Å². The summed E-state index contributed by atoms with van der Waals surface area (Å²) in [7, 11) is 0. The largest absolute Gasteiger partial charge is 0.325 e. The summed E-state index contributed by atoms with van der Waals surface area (Å²) in [5, 5.41) is 3.15. The SMILES string of the molecule is CCC(CC)CC1CCCCC1C(=O)Nc1ccccc1SC(C)=O. The van der Waals surface area contributed by atoms with Crippen LogP contribution in [0.1, 0.15) is 65.7 Å². The number of hydrogen-bond donors (Lipinski definition) is 1. The summed E-state index contributed by atoms with van der Waals surface area (Å²) in [5.41, 5.74) is 0.763. The highest BCUT2D eigenvalue weighted by Crippen LogP contribution is 2.37. The summed E-state index contributed by atoms with van der Waals surface area (Å²) in [6, 6.07) is 7.59. The molecule has 1 amide bonds. The highest BCUT2D eigenvalue weighted by molar-refractivity contribution is 8.13. The lowest BCUT2D eigenvalue weighted by molar-refractivity contribution is -0.122. The molecule has 0 radical (unpaired) electrons. The van der Waals surface area contributed by atoms with Crippen LogP contribution >= 0.6 is 11.8 Å². The third-order valence-corrected chi connectivity index (χ3v) is 6.30. The van der Waals surface area contributed by atoms with Crippen molar-refractivity contribution in [3.8, 4) is 0 Å². The van der Waals surface area contributed by atoms with Gasteiger partial charge in [0.05, 0.1) is 5.69 Å². The molecule has 3 nitrogen and oxygen atoms in total. The minimum absolute atomic E-state index is 0.0333. The molecule has 0 aromatic heterocycles. The molecule has 1 aliphatic rings. The van der Waals surface area contributed by atoms with E-state index in [1.54, 1.807) is 6.92 Å². The van der Waals surface area contributed by atoms with Crippen LogP contribution in [0.3, 0.4) is 0 Å². The highest BCUT2D eigenvalue weighted by Gasteiger charge is 2.32. The number of nitrogens with one attached hydrogen (secondary N) is 1. The van der Waals surface area contributed by atoms with Crippen molar-refractivity contribution in [3.63, 3.8) is 0 Å². The lowest BCUT2D eigenvalue weighted by Gasteiger charge is -2.33. The summed E-state index contributed by atoms with van der Waals surface area (Å²) in [5.74, 6) is 1.45. The van der Waals surface area contributed by atoms with Gasteiger partial charge in [0.2, 0.25) is 5.91 Å².